The average molecular weight is 206 g/mol. The summed E-state index contributed by atoms with van der Waals surface area (Å²) in [5.41, 5.74) is -0.796. The predicted octanol–water partition coefficient (Wildman–Crippen LogP) is -0.0180. The SMILES string of the molecule is COC(=O)C12C3C4C5C3C1C5(C(=O)O)C42. The van der Waals surface area contributed by atoms with Gasteiger partial charge in [-0.05, 0) is 35.5 Å². The number of ether oxygens (including phenoxy) is 1. The first-order valence-corrected chi connectivity index (χ1v) is 5.48. The van der Waals surface area contributed by atoms with Gasteiger partial charge < -0.3 is 9.84 Å². The molecule has 0 aromatic heterocycles. The highest BCUT2D eigenvalue weighted by Crippen LogP contribution is 3.10. The summed E-state index contributed by atoms with van der Waals surface area (Å²) in [5.74, 6) is 1.55. The van der Waals surface area contributed by atoms with E-state index in [0.717, 1.165) is 0 Å². The second kappa shape index (κ2) is 1.43. The smallest absolute Gasteiger partial charge is 0.312 e. The highest BCUT2D eigenvalue weighted by molar-refractivity contribution is 5.97. The Bertz CT molecular complexity index is 447. The summed E-state index contributed by atoms with van der Waals surface area (Å²) in [7, 11) is 1.41. The summed E-state index contributed by atoms with van der Waals surface area (Å²) in [6, 6.07) is 0. The second-order valence-corrected chi connectivity index (χ2v) is 5.82. The van der Waals surface area contributed by atoms with Crippen LogP contribution < -0.4 is 0 Å². The number of hydrogen-bond donors (Lipinski definition) is 1. The monoisotopic (exact) mass is 206 g/mol. The molecular weight excluding hydrogens is 196 g/mol. The van der Waals surface area contributed by atoms with Gasteiger partial charge in [0.25, 0.3) is 0 Å². The van der Waals surface area contributed by atoms with Gasteiger partial charge >= 0.3 is 11.9 Å². The van der Waals surface area contributed by atoms with E-state index in [-0.39, 0.29) is 23.2 Å². The molecule has 0 aromatic rings. The molecule has 0 aliphatic heterocycles. The maximum absolute atomic E-state index is 11.7. The minimum atomic E-state index is -0.660. The fraction of sp³-hybridized carbons (Fsp3) is 0.818. The summed E-state index contributed by atoms with van der Waals surface area (Å²) in [4.78, 5) is 23.0. The lowest BCUT2D eigenvalue weighted by molar-refractivity contribution is -0.629. The van der Waals surface area contributed by atoms with Crippen LogP contribution in [0.5, 0.6) is 0 Å². The molecule has 1 N–H and O–H groups in total. The van der Waals surface area contributed by atoms with Crippen LogP contribution in [0, 0.1) is 46.3 Å². The molecule has 4 unspecified atom stereocenters. The van der Waals surface area contributed by atoms with Crippen LogP contribution >= 0.6 is 0 Å². The van der Waals surface area contributed by atoms with Crippen molar-refractivity contribution in [1.29, 1.82) is 0 Å². The predicted molar refractivity (Wildman–Crippen MR) is 45.5 cm³/mol. The quantitative estimate of drug-likeness (QED) is 0.645. The zero-order valence-corrected chi connectivity index (χ0v) is 8.14. The lowest BCUT2D eigenvalue weighted by atomic mass is 8.92. The summed E-state index contributed by atoms with van der Waals surface area (Å²) in [6.07, 6.45) is 0. The number of carboxylic acid groups (broad SMARTS) is 1. The molecule has 0 bridgehead atoms. The van der Waals surface area contributed by atoms with Crippen LogP contribution in [0.25, 0.3) is 0 Å². The number of aliphatic carboxylic acids is 1. The van der Waals surface area contributed by atoms with Crippen LogP contribution in [0.1, 0.15) is 0 Å². The van der Waals surface area contributed by atoms with Crippen molar-refractivity contribution in [3.63, 3.8) is 0 Å². The van der Waals surface area contributed by atoms with Crippen LogP contribution in [0.3, 0.4) is 0 Å². The van der Waals surface area contributed by atoms with Gasteiger partial charge in [-0.25, -0.2) is 0 Å². The Kier molecular flexibility index (Phi) is 0.691. The van der Waals surface area contributed by atoms with Gasteiger partial charge in [-0.3, -0.25) is 9.59 Å². The highest BCUT2D eigenvalue weighted by atomic mass is 16.5. The van der Waals surface area contributed by atoms with Gasteiger partial charge in [0.05, 0.1) is 17.9 Å². The molecule has 4 atom stereocenters. The van der Waals surface area contributed by atoms with Gasteiger partial charge in [-0.1, -0.05) is 0 Å². The van der Waals surface area contributed by atoms with Crippen molar-refractivity contribution in [2.75, 3.05) is 7.11 Å². The summed E-state index contributed by atoms with van der Waals surface area (Å²) >= 11 is 0. The second-order valence-electron chi connectivity index (χ2n) is 5.82. The molecule has 0 spiro atoms. The van der Waals surface area contributed by atoms with E-state index < -0.39 is 11.4 Å². The fourth-order valence-electron chi connectivity index (χ4n) is 6.60. The maximum atomic E-state index is 11.7. The number of carbonyl (C=O) groups excluding carboxylic acids is 1. The average Bonchev–Trinajstić information content (AvgIpc) is 2.27. The van der Waals surface area contributed by atoms with E-state index in [4.69, 9.17) is 4.74 Å². The van der Waals surface area contributed by atoms with Crippen molar-refractivity contribution < 1.29 is 19.4 Å². The third-order valence-corrected chi connectivity index (χ3v) is 6.50. The van der Waals surface area contributed by atoms with Crippen LogP contribution in [0.15, 0.2) is 0 Å². The Balaban J connectivity index is 1.65. The third-order valence-electron chi connectivity index (χ3n) is 6.50. The zero-order chi connectivity index (χ0) is 10.3. The highest BCUT2D eigenvalue weighted by Gasteiger charge is 3.14. The van der Waals surface area contributed by atoms with Crippen LogP contribution in [-0.2, 0) is 14.3 Å². The molecule has 6 aliphatic rings. The standard InChI is InChI=1S/C11H10O4/c1-15-9(14)11-5-2-4-3(5)7(11)10(4,6(2)11)8(12)13/h2-7H,1H3,(H,12,13). The summed E-state index contributed by atoms with van der Waals surface area (Å²) < 4.78 is 4.85. The van der Waals surface area contributed by atoms with Gasteiger partial charge in [-0.2, -0.15) is 0 Å². The molecule has 0 saturated heterocycles. The van der Waals surface area contributed by atoms with Crippen molar-refractivity contribution in [3.8, 4) is 0 Å². The number of esters is 1. The Hall–Kier alpha value is -1.06. The molecule has 0 radical (unpaired) electrons. The Morgan fingerprint density at radius 1 is 1.13 bits per heavy atom. The molecular formula is C11H10O4. The first-order valence-electron chi connectivity index (χ1n) is 5.48. The Morgan fingerprint density at radius 3 is 2.13 bits per heavy atom. The van der Waals surface area contributed by atoms with Gasteiger partial charge in [0.15, 0.2) is 0 Å². The van der Waals surface area contributed by atoms with E-state index in [0.29, 0.717) is 23.7 Å². The van der Waals surface area contributed by atoms with Gasteiger partial charge in [0.1, 0.15) is 0 Å². The number of carbonyl (C=O) groups is 2. The number of methoxy groups -OCH3 is 1. The van der Waals surface area contributed by atoms with Crippen molar-refractivity contribution in [2.45, 2.75) is 0 Å². The number of hydrogen-bond acceptors (Lipinski definition) is 3. The molecule has 6 rings (SSSR count). The largest absolute Gasteiger partial charge is 0.481 e. The molecule has 78 valence electrons. The van der Waals surface area contributed by atoms with Gasteiger partial charge in [0, 0.05) is 0 Å². The van der Waals surface area contributed by atoms with Crippen LogP contribution in [0.4, 0.5) is 0 Å². The lowest BCUT2D eigenvalue weighted by Gasteiger charge is -3.08. The first kappa shape index (κ1) is 7.25. The van der Waals surface area contributed by atoms with E-state index in [2.05, 4.69) is 0 Å². The zero-order valence-electron chi connectivity index (χ0n) is 8.14. The van der Waals surface area contributed by atoms with E-state index in [1.165, 1.54) is 7.11 Å². The van der Waals surface area contributed by atoms with Crippen molar-refractivity contribution in [3.05, 3.63) is 0 Å². The van der Waals surface area contributed by atoms with Crippen molar-refractivity contribution >= 4 is 11.9 Å². The van der Waals surface area contributed by atoms with E-state index in [1.54, 1.807) is 0 Å². The maximum Gasteiger partial charge on any atom is 0.312 e. The van der Waals surface area contributed by atoms with Crippen molar-refractivity contribution in [1.82, 2.24) is 0 Å². The Morgan fingerprint density at radius 2 is 1.67 bits per heavy atom. The van der Waals surface area contributed by atoms with Gasteiger partial charge in [0.2, 0.25) is 0 Å². The summed E-state index contributed by atoms with van der Waals surface area (Å²) in [5, 5.41) is 9.28. The molecule has 6 saturated carbocycles. The van der Waals surface area contributed by atoms with Gasteiger partial charge in [-0.15, -0.1) is 0 Å². The third kappa shape index (κ3) is 0.291. The molecule has 0 heterocycles. The van der Waals surface area contributed by atoms with E-state index in [1.807, 2.05) is 0 Å². The molecule has 4 nitrogen and oxygen atoms in total. The molecule has 6 aliphatic carbocycles. The number of rotatable bonds is 2. The number of carboxylic acids is 1. The normalized spacial score (nSPS) is 72.3. The topological polar surface area (TPSA) is 63.6 Å². The van der Waals surface area contributed by atoms with E-state index in [9.17, 15) is 14.7 Å². The summed E-state index contributed by atoms with van der Waals surface area (Å²) in [6.45, 7) is 0. The fourth-order valence-corrected chi connectivity index (χ4v) is 6.60. The Labute approximate surface area is 85.6 Å². The molecule has 0 amide bonds. The van der Waals surface area contributed by atoms with Crippen LogP contribution in [-0.4, -0.2) is 24.2 Å². The molecule has 15 heavy (non-hydrogen) atoms. The molecule has 0 aromatic carbocycles. The van der Waals surface area contributed by atoms with E-state index >= 15 is 0 Å². The minimum absolute atomic E-state index is 0.134. The first-order chi connectivity index (χ1) is 7.16. The molecule has 6 fully saturated rings. The minimum Gasteiger partial charge on any atom is -0.481 e. The van der Waals surface area contributed by atoms with Crippen LogP contribution in [0.2, 0.25) is 0 Å². The lowest BCUT2D eigenvalue weighted by Crippen LogP contribution is -3.12. The molecule has 4 heteroatoms. The van der Waals surface area contributed by atoms with Crippen molar-refractivity contribution in [2.24, 2.45) is 46.3 Å².